The molecular formula is C22H21FN4O2. The number of aromatic amines is 1. The second-order valence-electron chi connectivity index (χ2n) is 7.24. The minimum absolute atomic E-state index is 0.0136. The van der Waals surface area contributed by atoms with Crippen molar-refractivity contribution in [2.24, 2.45) is 5.92 Å². The molecule has 1 saturated carbocycles. The first-order chi connectivity index (χ1) is 14.1. The second kappa shape index (κ2) is 8.34. The van der Waals surface area contributed by atoms with Crippen LogP contribution in [0, 0.1) is 11.7 Å². The Morgan fingerprint density at radius 2 is 2.00 bits per heavy atom. The molecule has 6 nitrogen and oxygen atoms in total. The van der Waals surface area contributed by atoms with Crippen molar-refractivity contribution in [1.82, 2.24) is 20.3 Å². The number of benzene rings is 1. The third kappa shape index (κ3) is 4.56. The van der Waals surface area contributed by atoms with Gasteiger partial charge in [0, 0.05) is 24.6 Å². The monoisotopic (exact) mass is 392 g/mol. The van der Waals surface area contributed by atoms with Gasteiger partial charge in [0.25, 0.3) is 5.56 Å². The van der Waals surface area contributed by atoms with Crippen LogP contribution in [0.5, 0.6) is 0 Å². The van der Waals surface area contributed by atoms with E-state index in [1.807, 2.05) is 6.07 Å². The van der Waals surface area contributed by atoms with Crippen LogP contribution in [0.1, 0.15) is 36.6 Å². The molecule has 2 aromatic heterocycles. The lowest BCUT2D eigenvalue weighted by Crippen LogP contribution is -2.38. The number of carbonyl (C=O) groups is 1. The van der Waals surface area contributed by atoms with Crippen molar-refractivity contribution in [2.75, 3.05) is 0 Å². The van der Waals surface area contributed by atoms with Gasteiger partial charge in [-0.2, -0.15) is 0 Å². The third-order valence-corrected chi connectivity index (χ3v) is 5.18. The third-order valence-electron chi connectivity index (χ3n) is 5.18. The minimum atomic E-state index is -0.408. The molecule has 1 aliphatic rings. The van der Waals surface area contributed by atoms with Crippen LogP contribution < -0.4 is 10.9 Å². The molecule has 1 fully saturated rings. The van der Waals surface area contributed by atoms with Crippen LogP contribution in [0.4, 0.5) is 4.39 Å². The summed E-state index contributed by atoms with van der Waals surface area (Å²) in [6, 6.07) is 12.4. The molecule has 0 spiro atoms. The van der Waals surface area contributed by atoms with Crippen molar-refractivity contribution in [2.45, 2.75) is 31.7 Å². The highest BCUT2D eigenvalue weighted by Gasteiger charge is 2.27. The zero-order valence-corrected chi connectivity index (χ0v) is 15.8. The Labute approximate surface area is 167 Å². The molecule has 0 radical (unpaired) electrons. The number of rotatable bonds is 6. The van der Waals surface area contributed by atoms with Gasteiger partial charge >= 0.3 is 0 Å². The minimum Gasteiger partial charge on any atom is -0.349 e. The van der Waals surface area contributed by atoms with Crippen molar-refractivity contribution in [3.63, 3.8) is 0 Å². The molecule has 0 unspecified atom stereocenters. The largest absolute Gasteiger partial charge is 0.349 e. The number of H-pyrrole nitrogens is 1. The second-order valence-corrected chi connectivity index (χ2v) is 7.24. The summed E-state index contributed by atoms with van der Waals surface area (Å²) in [5.74, 6) is 0.0374. The van der Waals surface area contributed by atoms with Gasteiger partial charge < -0.3 is 10.3 Å². The molecule has 7 heteroatoms. The van der Waals surface area contributed by atoms with Crippen molar-refractivity contribution in [3.05, 3.63) is 82.2 Å². The van der Waals surface area contributed by atoms with Crippen molar-refractivity contribution in [3.8, 4) is 11.5 Å². The molecule has 0 aliphatic heterocycles. The SMILES string of the molecule is O=C(N[C@@H](Cc1cc(=O)[nH]c(-c2ccccn2)n1)c1ccc(F)cc1)C1CCC1. The quantitative estimate of drug-likeness (QED) is 0.675. The average Bonchev–Trinajstić information content (AvgIpc) is 2.67. The summed E-state index contributed by atoms with van der Waals surface area (Å²) in [5.41, 5.74) is 1.56. The first-order valence-electron chi connectivity index (χ1n) is 9.66. The molecule has 2 N–H and O–H groups in total. The molecule has 1 amide bonds. The van der Waals surface area contributed by atoms with Crippen LogP contribution in [0.2, 0.25) is 0 Å². The number of nitrogens with zero attached hydrogens (tertiary/aromatic N) is 2. The van der Waals surface area contributed by atoms with Gasteiger partial charge in [0.2, 0.25) is 5.91 Å². The van der Waals surface area contributed by atoms with Crippen LogP contribution in [0.15, 0.2) is 59.5 Å². The highest BCUT2D eigenvalue weighted by Crippen LogP contribution is 2.28. The zero-order valence-electron chi connectivity index (χ0n) is 15.8. The number of amides is 1. The van der Waals surface area contributed by atoms with Gasteiger partial charge in [-0.1, -0.05) is 24.6 Å². The van der Waals surface area contributed by atoms with Gasteiger partial charge in [0.15, 0.2) is 5.82 Å². The number of hydrogen-bond donors (Lipinski definition) is 2. The summed E-state index contributed by atoms with van der Waals surface area (Å²) in [6.07, 6.45) is 4.77. The summed E-state index contributed by atoms with van der Waals surface area (Å²) in [5, 5.41) is 3.05. The number of nitrogens with one attached hydrogen (secondary N) is 2. The van der Waals surface area contributed by atoms with Crippen molar-refractivity contribution < 1.29 is 9.18 Å². The molecule has 148 valence electrons. The smallest absolute Gasteiger partial charge is 0.251 e. The molecule has 0 bridgehead atoms. The summed E-state index contributed by atoms with van der Waals surface area (Å²) in [7, 11) is 0. The van der Waals surface area contributed by atoms with E-state index in [0.717, 1.165) is 24.8 Å². The standard InChI is InChI=1S/C22H21FN4O2/c23-16-9-7-14(8-10-16)19(26-22(29)15-4-3-5-15)12-17-13-20(28)27-21(25-17)18-6-1-2-11-24-18/h1-2,6-11,13,15,19H,3-5,12H2,(H,26,29)(H,25,27,28)/t19-/m0/s1. The molecule has 4 rings (SSSR count). The summed E-state index contributed by atoms with van der Waals surface area (Å²) in [4.78, 5) is 36.2. The predicted octanol–water partition coefficient (Wildman–Crippen LogP) is 3.17. The first-order valence-corrected chi connectivity index (χ1v) is 9.66. The summed E-state index contributed by atoms with van der Waals surface area (Å²) < 4.78 is 13.4. The van der Waals surface area contributed by atoms with E-state index in [1.165, 1.54) is 18.2 Å². The van der Waals surface area contributed by atoms with E-state index >= 15 is 0 Å². The maximum Gasteiger partial charge on any atom is 0.251 e. The van der Waals surface area contributed by atoms with E-state index in [0.29, 0.717) is 23.6 Å². The fourth-order valence-electron chi connectivity index (χ4n) is 3.35. The normalized spacial score (nSPS) is 14.8. The molecule has 1 aliphatic carbocycles. The number of hydrogen-bond acceptors (Lipinski definition) is 4. The highest BCUT2D eigenvalue weighted by atomic mass is 19.1. The zero-order chi connectivity index (χ0) is 20.2. The van der Waals surface area contributed by atoms with Crippen LogP contribution in [-0.4, -0.2) is 20.9 Å². The van der Waals surface area contributed by atoms with E-state index < -0.39 is 6.04 Å². The lowest BCUT2D eigenvalue weighted by atomic mass is 9.84. The van der Waals surface area contributed by atoms with Gasteiger partial charge in [0.05, 0.1) is 11.7 Å². The Balaban J connectivity index is 1.63. The highest BCUT2D eigenvalue weighted by molar-refractivity contribution is 5.79. The molecule has 29 heavy (non-hydrogen) atoms. The number of aromatic nitrogens is 3. The van der Waals surface area contributed by atoms with Gasteiger partial charge in [-0.25, -0.2) is 9.37 Å². The van der Waals surface area contributed by atoms with E-state index in [9.17, 15) is 14.0 Å². The van der Waals surface area contributed by atoms with Crippen LogP contribution >= 0.6 is 0 Å². The van der Waals surface area contributed by atoms with E-state index in [-0.39, 0.29) is 23.2 Å². The maximum atomic E-state index is 13.4. The maximum absolute atomic E-state index is 13.4. The molecular weight excluding hydrogens is 371 g/mol. The topological polar surface area (TPSA) is 87.7 Å². The number of pyridine rings is 1. The molecule has 1 aromatic carbocycles. The number of halogens is 1. The Morgan fingerprint density at radius 1 is 1.21 bits per heavy atom. The first kappa shape index (κ1) is 19.0. The van der Waals surface area contributed by atoms with Crippen LogP contribution in [0.3, 0.4) is 0 Å². The Hall–Kier alpha value is -3.35. The average molecular weight is 392 g/mol. The van der Waals surface area contributed by atoms with Crippen molar-refractivity contribution >= 4 is 5.91 Å². The Kier molecular flexibility index (Phi) is 5.46. The van der Waals surface area contributed by atoms with E-state index in [1.54, 1.807) is 30.5 Å². The lowest BCUT2D eigenvalue weighted by Gasteiger charge is -2.27. The van der Waals surface area contributed by atoms with Gasteiger partial charge in [-0.05, 0) is 42.7 Å². The summed E-state index contributed by atoms with van der Waals surface area (Å²) >= 11 is 0. The fraction of sp³-hybridized carbons (Fsp3) is 0.273. The van der Waals surface area contributed by atoms with Crippen LogP contribution in [-0.2, 0) is 11.2 Å². The summed E-state index contributed by atoms with van der Waals surface area (Å²) in [6.45, 7) is 0. The fourth-order valence-corrected chi connectivity index (χ4v) is 3.35. The van der Waals surface area contributed by atoms with Gasteiger partial charge in [0.1, 0.15) is 11.5 Å². The van der Waals surface area contributed by atoms with Gasteiger partial charge in [-0.15, -0.1) is 0 Å². The predicted molar refractivity (Wildman–Crippen MR) is 106 cm³/mol. The van der Waals surface area contributed by atoms with Crippen LogP contribution in [0.25, 0.3) is 11.5 Å². The molecule has 1 atom stereocenters. The Morgan fingerprint density at radius 3 is 2.66 bits per heavy atom. The molecule has 3 aromatic rings. The number of carbonyl (C=O) groups excluding carboxylic acids is 1. The lowest BCUT2D eigenvalue weighted by molar-refractivity contribution is -0.128. The van der Waals surface area contributed by atoms with E-state index in [2.05, 4.69) is 20.3 Å². The van der Waals surface area contributed by atoms with Gasteiger partial charge in [-0.3, -0.25) is 14.6 Å². The molecule has 2 heterocycles. The van der Waals surface area contributed by atoms with Crippen molar-refractivity contribution in [1.29, 1.82) is 0 Å². The van der Waals surface area contributed by atoms with E-state index in [4.69, 9.17) is 0 Å². The Bertz CT molecular complexity index is 1050. The molecule has 0 saturated heterocycles.